The molecule has 0 bridgehead atoms. The van der Waals surface area contributed by atoms with E-state index < -0.39 is 24.0 Å². The SMILES string of the molecule is CCOC(=O)c1nn(-c2ccccc2Cl)c(=O)cc1OCC(=O)Nc1cc(C)cc(C)c1. The molecule has 1 amide bonds. The summed E-state index contributed by atoms with van der Waals surface area (Å²) < 4.78 is 11.5. The fourth-order valence-corrected chi connectivity index (χ4v) is 3.29. The van der Waals surface area contributed by atoms with E-state index in [9.17, 15) is 14.4 Å². The maximum absolute atomic E-state index is 12.6. The molecule has 3 rings (SSSR count). The summed E-state index contributed by atoms with van der Waals surface area (Å²) in [6.07, 6.45) is 0. The molecule has 0 aliphatic rings. The molecular weight excluding hydrogens is 434 g/mol. The summed E-state index contributed by atoms with van der Waals surface area (Å²) in [7, 11) is 0. The van der Waals surface area contributed by atoms with Gasteiger partial charge in [0, 0.05) is 5.69 Å². The Labute approximate surface area is 189 Å². The number of amides is 1. The minimum atomic E-state index is -0.793. The van der Waals surface area contributed by atoms with E-state index in [0.717, 1.165) is 21.9 Å². The topological polar surface area (TPSA) is 99.5 Å². The molecule has 0 unspecified atom stereocenters. The monoisotopic (exact) mass is 455 g/mol. The summed E-state index contributed by atoms with van der Waals surface area (Å²) in [6, 6.07) is 13.3. The van der Waals surface area contributed by atoms with Gasteiger partial charge >= 0.3 is 5.97 Å². The van der Waals surface area contributed by atoms with Crippen LogP contribution in [0.5, 0.6) is 5.75 Å². The number of nitrogens with one attached hydrogen (secondary N) is 1. The number of halogens is 1. The first-order chi connectivity index (χ1) is 15.3. The minimum Gasteiger partial charge on any atom is -0.481 e. The molecule has 1 N–H and O–H groups in total. The standard InChI is InChI=1S/C23H22ClN3O5/c1-4-31-23(30)22-19(12-21(29)27(26-22)18-8-6-5-7-17(18)24)32-13-20(28)25-16-10-14(2)9-15(3)11-16/h5-12H,4,13H2,1-3H3,(H,25,28). The largest absolute Gasteiger partial charge is 0.481 e. The van der Waals surface area contributed by atoms with Crippen LogP contribution in [-0.2, 0) is 9.53 Å². The van der Waals surface area contributed by atoms with Crippen molar-refractivity contribution in [1.29, 1.82) is 0 Å². The van der Waals surface area contributed by atoms with Gasteiger partial charge in [-0.05, 0) is 56.2 Å². The van der Waals surface area contributed by atoms with Gasteiger partial charge in [0.05, 0.1) is 23.4 Å². The minimum absolute atomic E-state index is 0.0956. The molecule has 0 saturated carbocycles. The quantitative estimate of drug-likeness (QED) is 0.545. The Morgan fingerprint density at radius 3 is 2.44 bits per heavy atom. The van der Waals surface area contributed by atoms with E-state index in [2.05, 4.69) is 10.4 Å². The highest BCUT2D eigenvalue weighted by Crippen LogP contribution is 2.21. The normalized spacial score (nSPS) is 10.5. The third kappa shape index (κ3) is 5.53. The van der Waals surface area contributed by atoms with Gasteiger partial charge in [-0.1, -0.05) is 29.8 Å². The van der Waals surface area contributed by atoms with Gasteiger partial charge in [-0.15, -0.1) is 0 Å². The zero-order valence-corrected chi connectivity index (χ0v) is 18.6. The molecule has 166 valence electrons. The second-order valence-corrected chi connectivity index (χ2v) is 7.40. The van der Waals surface area contributed by atoms with Crippen LogP contribution >= 0.6 is 11.6 Å². The number of rotatable bonds is 7. The number of anilines is 1. The molecule has 0 radical (unpaired) electrons. The van der Waals surface area contributed by atoms with Crippen LogP contribution < -0.4 is 15.6 Å². The molecule has 0 fully saturated rings. The Bertz CT molecular complexity index is 1200. The van der Waals surface area contributed by atoms with Crippen LogP contribution in [0, 0.1) is 13.8 Å². The van der Waals surface area contributed by atoms with Crippen molar-refractivity contribution in [3.05, 3.63) is 80.7 Å². The number of ether oxygens (including phenoxy) is 2. The van der Waals surface area contributed by atoms with E-state index in [0.29, 0.717) is 11.4 Å². The average molecular weight is 456 g/mol. The summed E-state index contributed by atoms with van der Waals surface area (Å²) in [4.78, 5) is 37.4. The molecule has 9 heteroatoms. The van der Waals surface area contributed by atoms with Crippen LogP contribution in [0.1, 0.15) is 28.5 Å². The van der Waals surface area contributed by atoms with Crippen molar-refractivity contribution in [2.45, 2.75) is 20.8 Å². The summed E-state index contributed by atoms with van der Waals surface area (Å²) in [6.45, 7) is 5.14. The summed E-state index contributed by atoms with van der Waals surface area (Å²) in [5.74, 6) is -1.41. The maximum Gasteiger partial charge on any atom is 0.362 e. The van der Waals surface area contributed by atoms with Gasteiger partial charge in [0.25, 0.3) is 11.5 Å². The lowest BCUT2D eigenvalue weighted by molar-refractivity contribution is -0.118. The second kappa shape index (κ2) is 10.1. The van der Waals surface area contributed by atoms with Gasteiger partial charge in [0.15, 0.2) is 12.4 Å². The van der Waals surface area contributed by atoms with Gasteiger partial charge < -0.3 is 14.8 Å². The Balaban J connectivity index is 1.87. The molecule has 1 heterocycles. The van der Waals surface area contributed by atoms with Crippen LogP contribution in [0.4, 0.5) is 5.69 Å². The lowest BCUT2D eigenvalue weighted by Gasteiger charge is -2.13. The highest BCUT2D eigenvalue weighted by molar-refractivity contribution is 6.32. The van der Waals surface area contributed by atoms with E-state index in [-0.39, 0.29) is 23.1 Å². The number of hydrogen-bond acceptors (Lipinski definition) is 6. The molecule has 0 atom stereocenters. The molecule has 0 aliphatic carbocycles. The first kappa shape index (κ1) is 23.0. The summed E-state index contributed by atoms with van der Waals surface area (Å²) >= 11 is 6.17. The van der Waals surface area contributed by atoms with Gasteiger partial charge in [0.1, 0.15) is 0 Å². The van der Waals surface area contributed by atoms with E-state index in [4.69, 9.17) is 21.1 Å². The van der Waals surface area contributed by atoms with Crippen molar-refractivity contribution in [3.8, 4) is 11.4 Å². The second-order valence-electron chi connectivity index (χ2n) is 6.99. The van der Waals surface area contributed by atoms with E-state index in [1.54, 1.807) is 31.2 Å². The van der Waals surface area contributed by atoms with Gasteiger partial charge in [-0.2, -0.15) is 9.78 Å². The van der Waals surface area contributed by atoms with Crippen molar-refractivity contribution in [3.63, 3.8) is 0 Å². The van der Waals surface area contributed by atoms with Crippen molar-refractivity contribution in [2.24, 2.45) is 0 Å². The number of para-hydroxylation sites is 1. The highest BCUT2D eigenvalue weighted by atomic mass is 35.5. The Morgan fingerprint density at radius 1 is 1.09 bits per heavy atom. The first-order valence-corrected chi connectivity index (χ1v) is 10.2. The Kier molecular flexibility index (Phi) is 7.27. The number of aromatic nitrogens is 2. The van der Waals surface area contributed by atoms with Crippen LogP contribution in [0.15, 0.2) is 53.3 Å². The van der Waals surface area contributed by atoms with Gasteiger partial charge in [-0.25, -0.2) is 4.79 Å². The number of nitrogens with zero attached hydrogens (tertiary/aromatic N) is 2. The number of hydrogen-bond donors (Lipinski definition) is 1. The van der Waals surface area contributed by atoms with Crippen molar-refractivity contribution < 1.29 is 19.1 Å². The summed E-state index contributed by atoms with van der Waals surface area (Å²) in [5.41, 5.74) is 2.08. The smallest absolute Gasteiger partial charge is 0.362 e. The molecule has 0 spiro atoms. The number of carbonyl (C=O) groups is 2. The predicted octanol–water partition coefficient (Wildman–Crippen LogP) is 3.70. The Morgan fingerprint density at radius 2 is 1.78 bits per heavy atom. The van der Waals surface area contributed by atoms with Gasteiger partial charge in [0.2, 0.25) is 5.69 Å². The predicted molar refractivity (Wildman–Crippen MR) is 121 cm³/mol. The number of benzene rings is 2. The van der Waals surface area contributed by atoms with Crippen LogP contribution in [0.2, 0.25) is 5.02 Å². The third-order valence-electron chi connectivity index (χ3n) is 4.31. The van der Waals surface area contributed by atoms with Gasteiger partial charge in [-0.3, -0.25) is 9.59 Å². The number of esters is 1. The van der Waals surface area contributed by atoms with Crippen LogP contribution in [0.3, 0.4) is 0 Å². The molecule has 32 heavy (non-hydrogen) atoms. The molecule has 0 aliphatic heterocycles. The fourth-order valence-electron chi connectivity index (χ4n) is 3.07. The zero-order chi connectivity index (χ0) is 23.3. The summed E-state index contributed by atoms with van der Waals surface area (Å²) in [5, 5.41) is 7.10. The molecule has 2 aromatic carbocycles. The molecule has 0 saturated heterocycles. The third-order valence-corrected chi connectivity index (χ3v) is 4.63. The lowest BCUT2D eigenvalue weighted by atomic mass is 10.1. The van der Waals surface area contributed by atoms with Crippen LogP contribution in [-0.4, -0.2) is 34.9 Å². The first-order valence-electron chi connectivity index (χ1n) is 9.86. The number of carbonyl (C=O) groups excluding carboxylic acids is 2. The maximum atomic E-state index is 12.6. The van der Waals surface area contributed by atoms with Crippen molar-refractivity contribution in [2.75, 3.05) is 18.5 Å². The van der Waals surface area contributed by atoms with Crippen molar-refractivity contribution in [1.82, 2.24) is 9.78 Å². The van der Waals surface area contributed by atoms with Crippen molar-refractivity contribution >= 4 is 29.2 Å². The molecule has 3 aromatic rings. The molecule has 8 nitrogen and oxygen atoms in total. The van der Waals surface area contributed by atoms with E-state index in [1.165, 1.54) is 0 Å². The molecular formula is C23H22ClN3O5. The highest BCUT2D eigenvalue weighted by Gasteiger charge is 2.21. The number of aryl methyl sites for hydroxylation is 2. The molecule has 1 aromatic heterocycles. The van der Waals surface area contributed by atoms with E-state index in [1.807, 2.05) is 32.0 Å². The average Bonchev–Trinajstić information content (AvgIpc) is 2.72. The van der Waals surface area contributed by atoms with E-state index >= 15 is 0 Å². The zero-order valence-electron chi connectivity index (χ0n) is 17.8. The fraction of sp³-hybridized carbons (Fsp3) is 0.217. The lowest BCUT2D eigenvalue weighted by Crippen LogP contribution is -2.27. The Hall–Kier alpha value is -3.65. The van der Waals surface area contributed by atoms with Crippen LogP contribution in [0.25, 0.3) is 5.69 Å².